The number of nitrogens with zero attached hydrogens (tertiary/aromatic N) is 4. The van der Waals surface area contributed by atoms with E-state index in [2.05, 4.69) is 30.3 Å². The van der Waals surface area contributed by atoms with Crippen molar-refractivity contribution in [2.75, 3.05) is 18.1 Å². The van der Waals surface area contributed by atoms with Gasteiger partial charge in [0.15, 0.2) is 23.6 Å². The van der Waals surface area contributed by atoms with E-state index >= 15 is 0 Å². The number of nitrogens with two attached hydrogens (primary N) is 1. The van der Waals surface area contributed by atoms with Crippen molar-refractivity contribution in [2.24, 2.45) is 5.16 Å². The number of nitrogens with one attached hydrogen (secondary N) is 2. The summed E-state index contributed by atoms with van der Waals surface area (Å²) < 4.78 is 5.74. The number of H-pyrrole nitrogens is 1. The van der Waals surface area contributed by atoms with Crippen molar-refractivity contribution >= 4 is 57.7 Å². The Balaban J connectivity index is 0.00000253. The third-order valence-electron chi connectivity index (χ3n) is 4.95. The average molecular weight is 582 g/mol. The quantitative estimate of drug-likeness (QED) is 0.103. The summed E-state index contributed by atoms with van der Waals surface area (Å²) in [6.45, 7) is 0.731. The maximum absolute atomic E-state index is 12.9. The van der Waals surface area contributed by atoms with Crippen molar-refractivity contribution in [3.05, 3.63) is 40.7 Å². The Hall–Kier alpha value is -2.12. The molecular formula is C19H17N7Na2O8S2. The number of aromatic nitrogens is 3. The third-order valence-corrected chi connectivity index (χ3v) is 6.88. The Labute approximate surface area is 267 Å². The molecule has 0 bridgehead atoms. The van der Waals surface area contributed by atoms with Crippen LogP contribution in [0.2, 0.25) is 0 Å². The molecule has 2 aromatic heterocycles. The van der Waals surface area contributed by atoms with Crippen LogP contribution in [0.1, 0.15) is 24.5 Å². The van der Waals surface area contributed by atoms with E-state index in [0.29, 0.717) is 5.82 Å². The van der Waals surface area contributed by atoms with Crippen molar-refractivity contribution in [2.45, 2.75) is 24.4 Å². The van der Waals surface area contributed by atoms with Gasteiger partial charge in [-0.1, -0.05) is 5.16 Å². The van der Waals surface area contributed by atoms with Gasteiger partial charge in [0.25, 0.3) is 11.8 Å². The number of hydrogen-bond acceptors (Lipinski definition) is 14. The van der Waals surface area contributed by atoms with Crippen LogP contribution in [-0.2, 0) is 28.8 Å². The van der Waals surface area contributed by atoms with E-state index in [4.69, 9.17) is 10.5 Å². The summed E-state index contributed by atoms with van der Waals surface area (Å²) in [6.07, 6.45) is 2.48. The second kappa shape index (κ2) is 13.8. The first-order valence-electron chi connectivity index (χ1n) is 10.1. The van der Waals surface area contributed by atoms with Gasteiger partial charge in [-0.25, -0.2) is 9.97 Å². The Morgan fingerprint density at radius 2 is 2.11 bits per heavy atom. The molecule has 2 aromatic rings. The van der Waals surface area contributed by atoms with Crippen LogP contribution in [0.3, 0.4) is 0 Å². The Morgan fingerprint density at radius 1 is 1.37 bits per heavy atom. The molecule has 2 aliphatic rings. The summed E-state index contributed by atoms with van der Waals surface area (Å²) >= 11 is 2.16. The number of imidazole rings is 1. The standard InChI is InChI=1S/C19H19N7O8S2.2Na/c1-7(14-21-2-3-22-14)34-9-6-35-17-12(16(30)26(17)13(9)18(31)32)24-15(29)11(25-33-4-10(27)28)8-5-36-19(20)23-8;;/h2-3,5,7,12,17H,4,6H2,1H3,(H2,20,23)(H,21,22)(H,24,29)(H,27,28)(H,31,32);;/q;2*+1/p-2/b25-11-;;/t7?,12-,17+;;/m1../s1. The van der Waals surface area contributed by atoms with Crippen molar-refractivity contribution in [1.82, 2.24) is 25.2 Å². The van der Waals surface area contributed by atoms with Crippen LogP contribution in [0.25, 0.3) is 0 Å². The fraction of sp³-hybridized carbons (Fsp3) is 0.316. The zero-order valence-electron chi connectivity index (χ0n) is 20.3. The first-order valence-corrected chi connectivity index (χ1v) is 12.1. The number of oxime groups is 1. The molecule has 3 atom stereocenters. The molecule has 4 rings (SSSR count). The Bertz CT molecular complexity index is 1270. The van der Waals surface area contributed by atoms with Gasteiger partial charge >= 0.3 is 59.1 Å². The number of carboxylic acid groups (broad SMARTS) is 2. The maximum Gasteiger partial charge on any atom is 1.00 e. The normalized spacial score (nSPS) is 19.2. The molecule has 0 aromatic carbocycles. The molecule has 4 heterocycles. The van der Waals surface area contributed by atoms with Crippen LogP contribution >= 0.6 is 23.1 Å². The van der Waals surface area contributed by atoms with Crippen LogP contribution < -0.4 is 80.4 Å². The fourth-order valence-corrected chi connectivity index (χ4v) is 5.21. The van der Waals surface area contributed by atoms with E-state index in [0.717, 1.165) is 28.0 Å². The van der Waals surface area contributed by atoms with Crippen LogP contribution in [0.15, 0.2) is 34.4 Å². The van der Waals surface area contributed by atoms with Crippen molar-refractivity contribution in [1.29, 1.82) is 0 Å². The summed E-state index contributed by atoms with van der Waals surface area (Å²) in [5, 5.41) is 29.2. The van der Waals surface area contributed by atoms with Crippen molar-refractivity contribution in [3.63, 3.8) is 0 Å². The van der Waals surface area contributed by atoms with Gasteiger partial charge in [-0.05, 0) is 6.92 Å². The van der Waals surface area contributed by atoms with Crippen LogP contribution in [-0.4, -0.2) is 73.1 Å². The second-order valence-electron chi connectivity index (χ2n) is 7.31. The minimum Gasteiger partial charge on any atom is -0.546 e. The monoisotopic (exact) mass is 581 g/mol. The van der Waals surface area contributed by atoms with E-state index in [1.807, 2.05) is 0 Å². The molecule has 0 spiro atoms. The summed E-state index contributed by atoms with van der Waals surface area (Å²) in [5.74, 6) is -4.26. The number of rotatable bonds is 10. The SMILES string of the molecule is CC(OC1=C(C(=O)[O-])N2C(=O)[C@@H](NC(=O)/C(=N\OCC(=O)[O-])c3csc(N)n3)[C@@H]2SC1)c1ncc[nH]1.[Na+].[Na+]. The zero-order valence-corrected chi connectivity index (χ0v) is 26.0. The van der Waals surface area contributed by atoms with E-state index < -0.39 is 59.3 Å². The molecule has 1 fully saturated rings. The number of β-lactam (4-membered cyclic amide) rings is 1. The number of carboxylic acids is 2. The number of carbonyl (C=O) groups is 4. The first kappa shape index (κ1) is 32.1. The summed E-state index contributed by atoms with van der Waals surface area (Å²) in [6, 6.07) is -1.12. The van der Waals surface area contributed by atoms with E-state index in [1.54, 1.807) is 13.1 Å². The number of carbonyl (C=O) groups excluding carboxylic acids is 4. The van der Waals surface area contributed by atoms with Gasteiger partial charge in [0, 0.05) is 17.8 Å². The fourth-order valence-electron chi connectivity index (χ4n) is 3.40. The first-order chi connectivity index (χ1) is 17.2. The number of aromatic amines is 1. The van der Waals surface area contributed by atoms with E-state index in [-0.39, 0.29) is 81.5 Å². The van der Waals surface area contributed by atoms with Gasteiger partial charge in [-0.15, -0.1) is 23.1 Å². The molecule has 1 unspecified atom stereocenters. The molecule has 4 N–H and O–H groups in total. The molecule has 0 aliphatic carbocycles. The summed E-state index contributed by atoms with van der Waals surface area (Å²) in [5.41, 5.74) is 4.72. The Kier molecular flexibility index (Phi) is 11.6. The molecule has 2 aliphatic heterocycles. The molecule has 38 heavy (non-hydrogen) atoms. The van der Waals surface area contributed by atoms with Gasteiger partial charge in [-0.2, -0.15) is 0 Å². The number of thiazole rings is 1. The number of anilines is 1. The van der Waals surface area contributed by atoms with Gasteiger partial charge in [0.1, 0.15) is 34.4 Å². The summed E-state index contributed by atoms with van der Waals surface area (Å²) in [4.78, 5) is 64.7. The molecular weight excluding hydrogens is 564 g/mol. The van der Waals surface area contributed by atoms with Crippen LogP contribution in [0, 0.1) is 0 Å². The molecule has 19 heteroatoms. The largest absolute Gasteiger partial charge is 1.00 e. The topological polar surface area (TPSA) is 228 Å². The van der Waals surface area contributed by atoms with Crippen LogP contribution in [0.4, 0.5) is 5.13 Å². The van der Waals surface area contributed by atoms with E-state index in [1.165, 1.54) is 11.6 Å². The molecule has 0 radical (unpaired) electrons. The van der Waals surface area contributed by atoms with Gasteiger partial charge < -0.3 is 45.4 Å². The Morgan fingerprint density at radius 3 is 2.68 bits per heavy atom. The molecule has 1 saturated heterocycles. The molecule has 190 valence electrons. The predicted octanol–water partition coefficient (Wildman–Crippen LogP) is -8.93. The maximum atomic E-state index is 12.9. The number of thioether (sulfide) groups is 1. The third kappa shape index (κ3) is 6.90. The van der Waals surface area contributed by atoms with Gasteiger partial charge in [0.05, 0.1) is 17.7 Å². The zero-order chi connectivity index (χ0) is 26.0. The number of fused-ring (bicyclic) bond motifs is 1. The van der Waals surface area contributed by atoms with Crippen molar-refractivity contribution in [3.8, 4) is 0 Å². The molecule has 15 nitrogen and oxygen atoms in total. The molecule has 0 saturated carbocycles. The number of aliphatic carboxylic acids is 2. The minimum atomic E-state index is -1.61. The number of ether oxygens (including phenoxy) is 1. The smallest absolute Gasteiger partial charge is 0.546 e. The van der Waals surface area contributed by atoms with Crippen LogP contribution in [0.5, 0.6) is 0 Å². The summed E-state index contributed by atoms with van der Waals surface area (Å²) in [7, 11) is 0. The average Bonchev–Trinajstić information content (AvgIpc) is 3.51. The van der Waals surface area contributed by atoms with Gasteiger partial charge in [-0.3, -0.25) is 14.5 Å². The predicted molar refractivity (Wildman–Crippen MR) is 119 cm³/mol. The number of nitrogen functional groups attached to an aromatic ring is 1. The number of hydrogen-bond donors (Lipinski definition) is 3. The number of amides is 2. The second-order valence-corrected chi connectivity index (χ2v) is 9.31. The van der Waals surface area contributed by atoms with Crippen molar-refractivity contribution < 1.29 is 98.1 Å². The molecule has 2 amide bonds. The van der Waals surface area contributed by atoms with E-state index in [9.17, 15) is 29.4 Å². The minimum absolute atomic E-state index is 0. The van der Waals surface area contributed by atoms with Gasteiger partial charge in [0.2, 0.25) is 0 Å².